The van der Waals surface area contributed by atoms with E-state index in [1.165, 1.54) is 19.3 Å². The zero-order chi connectivity index (χ0) is 14.7. The molecule has 21 heavy (non-hydrogen) atoms. The summed E-state index contributed by atoms with van der Waals surface area (Å²) >= 11 is 0. The summed E-state index contributed by atoms with van der Waals surface area (Å²) in [4.78, 5) is 4.52. The molecule has 3 N–H and O–H groups in total. The van der Waals surface area contributed by atoms with E-state index in [4.69, 9.17) is 10.5 Å². The highest BCUT2D eigenvalue weighted by Crippen LogP contribution is 2.30. The van der Waals surface area contributed by atoms with Gasteiger partial charge in [0, 0.05) is 29.1 Å². The molecule has 2 atom stereocenters. The van der Waals surface area contributed by atoms with Gasteiger partial charge in [-0.1, -0.05) is 31.4 Å². The Balaban J connectivity index is 1.93. The molecule has 4 nitrogen and oxygen atoms in total. The molecule has 1 aliphatic rings. The Hall–Kier alpha value is -1.81. The van der Waals surface area contributed by atoms with Gasteiger partial charge < -0.3 is 15.8 Å². The molecule has 2 aromatic rings. The van der Waals surface area contributed by atoms with Crippen LogP contribution in [0, 0.1) is 0 Å². The number of nitrogens with zero attached hydrogens (tertiary/aromatic N) is 1. The maximum atomic E-state index is 6.31. The van der Waals surface area contributed by atoms with E-state index >= 15 is 0 Å². The van der Waals surface area contributed by atoms with Crippen LogP contribution in [0.3, 0.4) is 0 Å². The molecule has 112 valence electrons. The first-order chi connectivity index (χ1) is 10.3. The second-order valence-corrected chi connectivity index (χ2v) is 5.77. The number of rotatable bonds is 3. The second-order valence-electron chi connectivity index (χ2n) is 5.77. The summed E-state index contributed by atoms with van der Waals surface area (Å²) in [6, 6.07) is 8.55. The first-order valence-corrected chi connectivity index (χ1v) is 7.73. The number of nitrogens with two attached hydrogens (primary N) is 1. The van der Waals surface area contributed by atoms with Crippen molar-refractivity contribution in [3.05, 3.63) is 30.5 Å². The number of methoxy groups -OCH3 is 1. The van der Waals surface area contributed by atoms with Crippen LogP contribution in [0.25, 0.3) is 10.8 Å². The van der Waals surface area contributed by atoms with E-state index in [9.17, 15) is 0 Å². The average molecular weight is 285 g/mol. The molecule has 1 saturated carbocycles. The molecule has 0 amide bonds. The molecule has 0 aliphatic heterocycles. The van der Waals surface area contributed by atoms with Crippen LogP contribution in [0.2, 0.25) is 0 Å². The molecule has 2 unspecified atom stereocenters. The van der Waals surface area contributed by atoms with Gasteiger partial charge in [-0.05, 0) is 25.0 Å². The van der Waals surface area contributed by atoms with Gasteiger partial charge in [0.25, 0.3) is 0 Å². The number of aromatic nitrogens is 1. The fraction of sp³-hybridized carbons (Fsp3) is 0.471. The van der Waals surface area contributed by atoms with Crippen LogP contribution in [-0.4, -0.2) is 24.2 Å². The lowest BCUT2D eigenvalue weighted by Gasteiger charge is -2.24. The highest BCUT2D eigenvalue weighted by atomic mass is 16.5. The molecule has 1 fully saturated rings. The second kappa shape index (κ2) is 6.31. The van der Waals surface area contributed by atoms with E-state index < -0.39 is 0 Å². The number of fused-ring (bicyclic) bond motifs is 1. The van der Waals surface area contributed by atoms with Crippen molar-refractivity contribution in [1.82, 2.24) is 4.98 Å². The highest BCUT2D eigenvalue weighted by Gasteiger charge is 2.21. The molecular weight excluding hydrogens is 262 g/mol. The molecule has 3 rings (SSSR count). The summed E-state index contributed by atoms with van der Waals surface area (Å²) in [6.07, 6.45) is 7.78. The lowest BCUT2D eigenvalue weighted by molar-refractivity contribution is 0.420. The number of anilines is 1. The maximum absolute atomic E-state index is 6.31. The number of pyridine rings is 1. The topological polar surface area (TPSA) is 60.2 Å². The minimum Gasteiger partial charge on any atom is -0.496 e. The molecule has 0 saturated heterocycles. The van der Waals surface area contributed by atoms with E-state index in [1.54, 1.807) is 7.11 Å². The van der Waals surface area contributed by atoms with Gasteiger partial charge in [-0.2, -0.15) is 0 Å². The van der Waals surface area contributed by atoms with Gasteiger partial charge in [0.15, 0.2) is 0 Å². The van der Waals surface area contributed by atoms with E-state index in [0.717, 1.165) is 35.2 Å². The summed E-state index contributed by atoms with van der Waals surface area (Å²) in [6.45, 7) is 0. The van der Waals surface area contributed by atoms with Crippen molar-refractivity contribution in [2.75, 3.05) is 12.4 Å². The predicted octanol–water partition coefficient (Wildman–Crippen LogP) is 3.32. The third-order valence-electron chi connectivity index (χ3n) is 4.38. The van der Waals surface area contributed by atoms with Crippen molar-refractivity contribution in [3.8, 4) is 5.75 Å². The largest absolute Gasteiger partial charge is 0.496 e. The Bertz CT molecular complexity index is 614. The monoisotopic (exact) mass is 285 g/mol. The summed E-state index contributed by atoms with van der Waals surface area (Å²) < 4.78 is 5.43. The number of hydrogen-bond donors (Lipinski definition) is 2. The Morgan fingerprint density at radius 1 is 1.14 bits per heavy atom. The van der Waals surface area contributed by atoms with Gasteiger partial charge in [-0.3, -0.25) is 0 Å². The van der Waals surface area contributed by atoms with Crippen LogP contribution < -0.4 is 15.8 Å². The first-order valence-electron chi connectivity index (χ1n) is 7.73. The van der Waals surface area contributed by atoms with E-state index in [2.05, 4.69) is 16.4 Å². The smallest absolute Gasteiger partial charge is 0.134 e. The minimum absolute atomic E-state index is 0.204. The summed E-state index contributed by atoms with van der Waals surface area (Å²) in [7, 11) is 1.70. The Kier molecular flexibility index (Phi) is 4.25. The summed E-state index contributed by atoms with van der Waals surface area (Å²) in [5.41, 5.74) is 6.31. The van der Waals surface area contributed by atoms with Crippen molar-refractivity contribution in [2.45, 2.75) is 44.2 Å². The third-order valence-corrected chi connectivity index (χ3v) is 4.38. The molecule has 0 bridgehead atoms. The van der Waals surface area contributed by atoms with Crippen LogP contribution in [0.5, 0.6) is 5.75 Å². The van der Waals surface area contributed by atoms with Crippen molar-refractivity contribution >= 4 is 16.6 Å². The van der Waals surface area contributed by atoms with E-state index in [0.29, 0.717) is 6.04 Å². The molecule has 0 radical (unpaired) electrons. The van der Waals surface area contributed by atoms with Gasteiger partial charge in [-0.15, -0.1) is 0 Å². The highest BCUT2D eigenvalue weighted by molar-refractivity contribution is 5.95. The molecular formula is C17H23N3O. The summed E-state index contributed by atoms with van der Waals surface area (Å²) in [5, 5.41) is 5.75. The van der Waals surface area contributed by atoms with Crippen molar-refractivity contribution in [1.29, 1.82) is 0 Å². The molecule has 1 aromatic heterocycles. The van der Waals surface area contributed by atoms with Crippen LogP contribution in [-0.2, 0) is 0 Å². The molecule has 1 aliphatic carbocycles. The molecule has 0 spiro atoms. The quantitative estimate of drug-likeness (QED) is 0.849. The standard InChI is InChI=1S/C17H23N3O/c1-21-16-9-5-6-13-12(16)10-11-19-17(13)20-15-8-4-2-3-7-14(15)18/h5-6,9-11,14-15H,2-4,7-8,18H2,1H3,(H,19,20). The first kappa shape index (κ1) is 14.1. The lowest BCUT2D eigenvalue weighted by Crippen LogP contribution is -2.39. The molecule has 1 aromatic carbocycles. The number of nitrogens with one attached hydrogen (secondary N) is 1. The normalized spacial score (nSPS) is 22.8. The Morgan fingerprint density at radius 3 is 2.86 bits per heavy atom. The predicted molar refractivity (Wildman–Crippen MR) is 86.8 cm³/mol. The zero-order valence-corrected chi connectivity index (χ0v) is 12.5. The van der Waals surface area contributed by atoms with Crippen molar-refractivity contribution in [2.24, 2.45) is 5.73 Å². The van der Waals surface area contributed by atoms with Gasteiger partial charge in [0.1, 0.15) is 11.6 Å². The molecule has 4 heteroatoms. The number of hydrogen-bond acceptors (Lipinski definition) is 4. The summed E-state index contributed by atoms with van der Waals surface area (Å²) in [5.74, 6) is 1.79. The maximum Gasteiger partial charge on any atom is 0.134 e. The zero-order valence-electron chi connectivity index (χ0n) is 12.5. The van der Waals surface area contributed by atoms with Crippen LogP contribution in [0.1, 0.15) is 32.1 Å². The number of ether oxygens (including phenoxy) is 1. The van der Waals surface area contributed by atoms with Crippen LogP contribution in [0.4, 0.5) is 5.82 Å². The molecule has 1 heterocycles. The SMILES string of the molecule is COc1cccc2c(NC3CCCCCC3N)nccc12. The average Bonchev–Trinajstić information content (AvgIpc) is 2.72. The van der Waals surface area contributed by atoms with E-state index in [1.807, 2.05) is 24.4 Å². The number of benzene rings is 1. The van der Waals surface area contributed by atoms with Crippen LogP contribution in [0.15, 0.2) is 30.5 Å². The third kappa shape index (κ3) is 2.95. The van der Waals surface area contributed by atoms with Gasteiger partial charge in [-0.25, -0.2) is 4.98 Å². The van der Waals surface area contributed by atoms with E-state index in [-0.39, 0.29) is 6.04 Å². The van der Waals surface area contributed by atoms with Crippen LogP contribution >= 0.6 is 0 Å². The van der Waals surface area contributed by atoms with Crippen molar-refractivity contribution in [3.63, 3.8) is 0 Å². The van der Waals surface area contributed by atoms with Gasteiger partial charge in [0.2, 0.25) is 0 Å². The van der Waals surface area contributed by atoms with Gasteiger partial charge >= 0.3 is 0 Å². The Labute approximate surface area is 125 Å². The van der Waals surface area contributed by atoms with Crippen molar-refractivity contribution < 1.29 is 4.74 Å². The minimum atomic E-state index is 0.204. The fourth-order valence-corrected chi connectivity index (χ4v) is 3.16. The van der Waals surface area contributed by atoms with Gasteiger partial charge in [0.05, 0.1) is 7.11 Å². The Morgan fingerprint density at radius 2 is 2.00 bits per heavy atom. The fourth-order valence-electron chi connectivity index (χ4n) is 3.16. The lowest BCUT2D eigenvalue weighted by atomic mass is 10.0.